The molecule has 78 valence electrons. The summed E-state index contributed by atoms with van der Waals surface area (Å²) in [6.07, 6.45) is 1.93. The molecule has 0 saturated carbocycles. The standard InChI is InChI=1S/C10H11BrN4/c1-2-3-10-12-13-14-15(10)9-6-4-8(11)5-7-9/h4-7H,2-3H2,1H3. The first-order chi connectivity index (χ1) is 7.31. The van der Waals surface area contributed by atoms with Gasteiger partial charge in [0, 0.05) is 10.9 Å². The van der Waals surface area contributed by atoms with E-state index in [9.17, 15) is 0 Å². The lowest BCUT2D eigenvalue weighted by molar-refractivity contribution is 0.745. The Kier molecular flexibility index (Phi) is 3.11. The van der Waals surface area contributed by atoms with Gasteiger partial charge in [0.05, 0.1) is 5.69 Å². The van der Waals surface area contributed by atoms with E-state index in [4.69, 9.17) is 0 Å². The van der Waals surface area contributed by atoms with Crippen LogP contribution >= 0.6 is 15.9 Å². The molecule has 0 aliphatic rings. The van der Waals surface area contributed by atoms with Crippen molar-refractivity contribution in [3.8, 4) is 5.69 Å². The van der Waals surface area contributed by atoms with Gasteiger partial charge in [0.25, 0.3) is 0 Å². The van der Waals surface area contributed by atoms with Gasteiger partial charge in [-0.2, -0.15) is 4.68 Å². The SMILES string of the molecule is CCCc1nnnn1-c1ccc(Br)cc1. The Morgan fingerprint density at radius 3 is 2.67 bits per heavy atom. The van der Waals surface area contributed by atoms with Crippen LogP contribution in [0.25, 0.3) is 5.69 Å². The first kappa shape index (κ1) is 10.3. The zero-order valence-corrected chi connectivity index (χ0v) is 9.98. The highest BCUT2D eigenvalue weighted by atomic mass is 79.9. The van der Waals surface area contributed by atoms with E-state index in [1.54, 1.807) is 4.68 Å². The topological polar surface area (TPSA) is 43.6 Å². The van der Waals surface area contributed by atoms with Gasteiger partial charge in [0.15, 0.2) is 5.82 Å². The molecule has 5 heteroatoms. The van der Waals surface area contributed by atoms with Gasteiger partial charge in [0.2, 0.25) is 0 Å². The van der Waals surface area contributed by atoms with Crippen LogP contribution in [0.2, 0.25) is 0 Å². The minimum absolute atomic E-state index is 0.892. The second-order valence-corrected chi connectivity index (χ2v) is 4.15. The van der Waals surface area contributed by atoms with Crippen LogP contribution in [-0.2, 0) is 6.42 Å². The molecule has 1 heterocycles. The number of aryl methyl sites for hydroxylation is 1. The van der Waals surface area contributed by atoms with Gasteiger partial charge >= 0.3 is 0 Å². The lowest BCUT2D eigenvalue weighted by Crippen LogP contribution is -2.02. The molecule has 2 aromatic rings. The van der Waals surface area contributed by atoms with Crippen molar-refractivity contribution in [2.45, 2.75) is 19.8 Å². The van der Waals surface area contributed by atoms with Crippen LogP contribution in [0, 0.1) is 0 Å². The molecule has 0 amide bonds. The van der Waals surface area contributed by atoms with E-state index in [2.05, 4.69) is 38.4 Å². The van der Waals surface area contributed by atoms with E-state index >= 15 is 0 Å². The van der Waals surface area contributed by atoms with Gasteiger partial charge in [-0.25, -0.2) is 0 Å². The third-order valence-corrected chi connectivity index (χ3v) is 2.61. The fourth-order valence-electron chi connectivity index (χ4n) is 1.37. The molecule has 0 unspecified atom stereocenters. The summed E-state index contributed by atoms with van der Waals surface area (Å²) in [4.78, 5) is 0. The predicted molar refractivity (Wildman–Crippen MR) is 60.8 cm³/mol. The number of benzene rings is 1. The molecule has 0 bridgehead atoms. The van der Waals surface area contributed by atoms with E-state index in [1.165, 1.54) is 0 Å². The third-order valence-electron chi connectivity index (χ3n) is 2.08. The van der Waals surface area contributed by atoms with E-state index < -0.39 is 0 Å². The molecule has 0 N–H and O–H groups in total. The Labute approximate surface area is 96.4 Å². The summed E-state index contributed by atoms with van der Waals surface area (Å²) >= 11 is 3.40. The summed E-state index contributed by atoms with van der Waals surface area (Å²) in [5.74, 6) is 0.903. The summed E-state index contributed by atoms with van der Waals surface area (Å²) in [6.45, 7) is 2.11. The number of aromatic nitrogens is 4. The zero-order valence-electron chi connectivity index (χ0n) is 8.39. The minimum atomic E-state index is 0.892. The summed E-state index contributed by atoms with van der Waals surface area (Å²) in [6, 6.07) is 7.93. The molecular formula is C10H11BrN4. The lowest BCUT2D eigenvalue weighted by atomic mass is 10.3. The Morgan fingerprint density at radius 2 is 2.00 bits per heavy atom. The van der Waals surface area contributed by atoms with Crippen LogP contribution in [0.5, 0.6) is 0 Å². The Morgan fingerprint density at radius 1 is 1.27 bits per heavy atom. The normalized spacial score (nSPS) is 10.5. The molecular weight excluding hydrogens is 256 g/mol. The van der Waals surface area contributed by atoms with Crippen LogP contribution in [0.3, 0.4) is 0 Å². The summed E-state index contributed by atoms with van der Waals surface area (Å²) < 4.78 is 2.83. The smallest absolute Gasteiger partial charge is 0.156 e. The van der Waals surface area contributed by atoms with Crippen molar-refractivity contribution in [3.63, 3.8) is 0 Å². The maximum Gasteiger partial charge on any atom is 0.156 e. The maximum absolute atomic E-state index is 3.99. The summed E-state index contributed by atoms with van der Waals surface area (Å²) in [7, 11) is 0. The molecule has 0 radical (unpaired) electrons. The first-order valence-corrected chi connectivity index (χ1v) is 5.63. The Bertz CT molecular complexity index is 435. The van der Waals surface area contributed by atoms with Crippen LogP contribution in [0.15, 0.2) is 28.7 Å². The molecule has 0 atom stereocenters. The number of nitrogens with zero attached hydrogens (tertiary/aromatic N) is 4. The molecule has 4 nitrogen and oxygen atoms in total. The molecule has 0 aliphatic heterocycles. The van der Waals surface area contributed by atoms with Crippen molar-refractivity contribution in [2.75, 3.05) is 0 Å². The summed E-state index contributed by atoms with van der Waals surface area (Å²) in [5, 5.41) is 11.7. The third kappa shape index (κ3) is 2.23. The fraction of sp³-hybridized carbons (Fsp3) is 0.300. The van der Waals surface area contributed by atoms with Gasteiger partial charge in [0.1, 0.15) is 0 Å². The number of halogens is 1. The highest BCUT2D eigenvalue weighted by Gasteiger charge is 2.06. The van der Waals surface area contributed by atoms with Gasteiger partial charge in [-0.3, -0.25) is 0 Å². The molecule has 2 rings (SSSR count). The minimum Gasteiger partial charge on any atom is -0.197 e. The number of rotatable bonds is 3. The molecule has 0 aliphatic carbocycles. The second kappa shape index (κ2) is 4.53. The quantitative estimate of drug-likeness (QED) is 0.857. The van der Waals surface area contributed by atoms with E-state index in [-0.39, 0.29) is 0 Å². The molecule has 1 aromatic carbocycles. The van der Waals surface area contributed by atoms with Crippen molar-refractivity contribution >= 4 is 15.9 Å². The van der Waals surface area contributed by atoms with Crippen molar-refractivity contribution in [1.82, 2.24) is 20.2 Å². The second-order valence-electron chi connectivity index (χ2n) is 3.23. The summed E-state index contributed by atoms with van der Waals surface area (Å²) in [5.41, 5.74) is 0.992. The number of hydrogen-bond donors (Lipinski definition) is 0. The highest BCUT2D eigenvalue weighted by molar-refractivity contribution is 9.10. The van der Waals surface area contributed by atoms with Gasteiger partial charge in [-0.05, 0) is 41.1 Å². The monoisotopic (exact) mass is 266 g/mol. The largest absolute Gasteiger partial charge is 0.197 e. The van der Waals surface area contributed by atoms with Gasteiger partial charge < -0.3 is 0 Å². The van der Waals surface area contributed by atoms with E-state index in [0.29, 0.717) is 0 Å². The Balaban J connectivity index is 2.36. The van der Waals surface area contributed by atoms with Crippen molar-refractivity contribution in [2.24, 2.45) is 0 Å². The van der Waals surface area contributed by atoms with E-state index in [1.807, 2.05) is 24.3 Å². The van der Waals surface area contributed by atoms with Crippen LogP contribution in [0.1, 0.15) is 19.2 Å². The molecule has 0 spiro atoms. The average molecular weight is 267 g/mol. The van der Waals surface area contributed by atoms with E-state index in [0.717, 1.165) is 28.8 Å². The number of tetrazole rings is 1. The number of hydrogen-bond acceptors (Lipinski definition) is 3. The van der Waals surface area contributed by atoms with Crippen molar-refractivity contribution < 1.29 is 0 Å². The maximum atomic E-state index is 3.99. The predicted octanol–water partition coefficient (Wildman–Crippen LogP) is 2.38. The Hall–Kier alpha value is -1.23. The van der Waals surface area contributed by atoms with Gasteiger partial charge in [-0.1, -0.05) is 22.9 Å². The average Bonchev–Trinajstić information content (AvgIpc) is 2.68. The molecule has 1 aromatic heterocycles. The molecule has 0 saturated heterocycles. The van der Waals surface area contributed by atoms with Crippen molar-refractivity contribution in [1.29, 1.82) is 0 Å². The first-order valence-electron chi connectivity index (χ1n) is 4.84. The van der Waals surface area contributed by atoms with Crippen LogP contribution in [-0.4, -0.2) is 20.2 Å². The molecule has 15 heavy (non-hydrogen) atoms. The van der Waals surface area contributed by atoms with Crippen molar-refractivity contribution in [3.05, 3.63) is 34.6 Å². The highest BCUT2D eigenvalue weighted by Crippen LogP contribution is 2.14. The molecule has 0 fully saturated rings. The zero-order chi connectivity index (χ0) is 10.7. The lowest BCUT2D eigenvalue weighted by Gasteiger charge is -2.02. The van der Waals surface area contributed by atoms with Crippen LogP contribution in [0.4, 0.5) is 0 Å². The fourth-order valence-corrected chi connectivity index (χ4v) is 1.63. The van der Waals surface area contributed by atoms with Crippen LogP contribution < -0.4 is 0 Å². The van der Waals surface area contributed by atoms with Gasteiger partial charge in [-0.15, -0.1) is 5.10 Å².